The number of pyridine rings is 1. The molecule has 2 fully saturated rings. The predicted octanol–water partition coefficient (Wildman–Crippen LogP) is 3.74. The molecule has 2 aromatic heterocycles. The number of rotatable bonds is 8. The zero-order valence-corrected chi connectivity index (χ0v) is 20.2. The number of hydrogen-bond acceptors (Lipinski definition) is 6. The average Bonchev–Trinajstić information content (AvgIpc) is 3.62. The highest BCUT2D eigenvalue weighted by molar-refractivity contribution is 6.05. The van der Waals surface area contributed by atoms with Crippen LogP contribution in [0.1, 0.15) is 54.7 Å². The lowest BCUT2D eigenvalue weighted by molar-refractivity contribution is 0.0622. The van der Waals surface area contributed by atoms with E-state index < -0.39 is 0 Å². The molecule has 34 heavy (non-hydrogen) atoms. The van der Waals surface area contributed by atoms with E-state index in [1.807, 2.05) is 39.9 Å². The minimum Gasteiger partial charge on any atom is -0.497 e. The first-order valence-corrected chi connectivity index (χ1v) is 12.2. The van der Waals surface area contributed by atoms with Gasteiger partial charge in [0.1, 0.15) is 18.1 Å². The van der Waals surface area contributed by atoms with Gasteiger partial charge < -0.3 is 14.4 Å². The van der Waals surface area contributed by atoms with Gasteiger partial charge in [0, 0.05) is 50.4 Å². The van der Waals surface area contributed by atoms with Crippen molar-refractivity contribution in [1.29, 1.82) is 0 Å². The van der Waals surface area contributed by atoms with Gasteiger partial charge in [0.25, 0.3) is 5.91 Å². The standard InChI is InChI=1S/C26H33N5O3/c1-18(2)31-25-23(17-27-31)22(16-24(28-25)19-4-5-19)26(32)30-12-10-29(11-13-30)14-15-34-21-8-6-20(33-3)7-9-21/h6-9,16-19H,4-5,10-15H2,1-3H3. The van der Waals surface area contributed by atoms with E-state index in [0.717, 1.165) is 66.3 Å². The van der Waals surface area contributed by atoms with E-state index in [9.17, 15) is 4.79 Å². The Balaban J connectivity index is 1.21. The van der Waals surface area contributed by atoms with Gasteiger partial charge in [0.15, 0.2) is 5.65 Å². The summed E-state index contributed by atoms with van der Waals surface area (Å²) in [6.07, 6.45) is 4.11. The minimum atomic E-state index is 0.0896. The summed E-state index contributed by atoms with van der Waals surface area (Å²) in [5.41, 5.74) is 2.61. The Kier molecular flexibility index (Phi) is 6.41. The Morgan fingerprint density at radius 3 is 2.44 bits per heavy atom. The second-order valence-corrected chi connectivity index (χ2v) is 9.45. The molecule has 0 radical (unpaired) electrons. The van der Waals surface area contributed by atoms with Crippen LogP contribution in [0.15, 0.2) is 36.5 Å². The molecule has 180 valence electrons. The summed E-state index contributed by atoms with van der Waals surface area (Å²) in [6, 6.07) is 9.85. The molecule has 1 aliphatic carbocycles. The normalized spacial score (nSPS) is 16.9. The molecule has 1 amide bonds. The quantitative estimate of drug-likeness (QED) is 0.507. The van der Waals surface area contributed by atoms with Crippen molar-refractivity contribution < 1.29 is 14.3 Å². The van der Waals surface area contributed by atoms with E-state index in [1.165, 1.54) is 0 Å². The molecule has 3 aromatic rings. The SMILES string of the molecule is COc1ccc(OCCN2CCN(C(=O)c3cc(C4CC4)nc4c3cnn4C(C)C)CC2)cc1. The minimum absolute atomic E-state index is 0.0896. The molecular formula is C26H33N5O3. The topological polar surface area (TPSA) is 72.7 Å². The molecule has 0 atom stereocenters. The van der Waals surface area contributed by atoms with Crippen LogP contribution in [0, 0.1) is 0 Å². The number of amides is 1. The Labute approximate surface area is 200 Å². The molecule has 1 saturated carbocycles. The number of aromatic nitrogens is 3. The van der Waals surface area contributed by atoms with Gasteiger partial charge in [-0.25, -0.2) is 9.67 Å². The van der Waals surface area contributed by atoms with Crippen LogP contribution in [0.4, 0.5) is 0 Å². The third kappa shape index (κ3) is 4.73. The van der Waals surface area contributed by atoms with Crippen molar-refractivity contribution in [1.82, 2.24) is 24.6 Å². The van der Waals surface area contributed by atoms with Crippen molar-refractivity contribution in [3.05, 3.63) is 47.8 Å². The number of benzene rings is 1. The molecule has 2 aliphatic rings. The Hall–Kier alpha value is -3.13. The number of fused-ring (bicyclic) bond motifs is 1. The lowest BCUT2D eigenvalue weighted by atomic mass is 10.1. The van der Waals surface area contributed by atoms with Crippen LogP contribution < -0.4 is 9.47 Å². The highest BCUT2D eigenvalue weighted by atomic mass is 16.5. The fourth-order valence-electron chi connectivity index (χ4n) is 4.49. The molecule has 1 saturated heterocycles. The number of ether oxygens (including phenoxy) is 2. The molecule has 8 nitrogen and oxygen atoms in total. The van der Waals surface area contributed by atoms with Crippen LogP contribution in [0.3, 0.4) is 0 Å². The Morgan fingerprint density at radius 1 is 1.09 bits per heavy atom. The van der Waals surface area contributed by atoms with E-state index in [-0.39, 0.29) is 11.9 Å². The van der Waals surface area contributed by atoms with E-state index in [4.69, 9.17) is 14.5 Å². The predicted molar refractivity (Wildman–Crippen MR) is 131 cm³/mol. The molecule has 0 unspecified atom stereocenters. The fraction of sp³-hybridized carbons (Fsp3) is 0.500. The summed E-state index contributed by atoms with van der Waals surface area (Å²) < 4.78 is 13.0. The van der Waals surface area contributed by atoms with Gasteiger partial charge in [-0.05, 0) is 57.0 Å². The summed E-state index contributed by atoms with van der Waals surface area (Å²) in [7, 11) is 1.65. The summed E-state index contributed by atoms with van der Waals surface area (Å²) in [6.45, 7) is 8.74. The highest BCUT2D eigenvalue weighted by Crippen LogP contribution is 2.40. The van der Waals surface area contributed by atoms with Gasteiger partial charge in [0.2, 0.25) is 0 Å². The van der Waals surface area contributed by atoms with Gasteiger partial charge in [-0.1, -0.05) is 0 Å². The molecule has 0 N–H and O–H groups in total. The average molecular weight is 464 g/mol. The maximum atomic E-state index is 13.6. The van der Waals surface area contributed by atoms with Crippen molar-refractivity contribution in [3.8, 4) is 11.5 Å². The van der Waals surface area contributed by atoms with Crippen LogP contribution in [-0.4, -0.2) is 76.9 Å². The number of carbonyl (C=O) groups is 1. The number of methoxy groups -OCH3 is 1. The van der Waals surface area contributed by atoms with Crippen molar-refractivity contribution in [2.24, 2.45) is 0 Å². The van der Waals surface area contributed by atoms with Crippen LogP contribution in [0.2, 0.25) is 0 Å². The van der Waals surface area contributed by atoms with Gasteiger partial charge in [-0.2, -0.15) is 5.10 Å². The maximum Gasteiger partial charge on any atom is 0.254 e. The molecule has 0 bridgehead atoms. The van der Waals surface area contributed by atoms with E-state index in [0.29, 0.717) is 25.6 Å². The fourth-order valence-corrected chi connectivity index (χ4v) is 4.49. The zero-order chi connectivity index (χ0) is 23.7. The monoisotopic (exact) mass is 463 g/mol. The van der Waals surface area contributed by atoms with E-state index in [2.05, 4.69) is 23.8 Å². The lowest BCUT2D eigenvalue weighted by Crippen LogP contribution is -2.49. The van der Waals surface area contributed by atoms with Crippen LogP contribution in [-0.2, 0) is 0 Å². The van der Waals surface area contributed by atoms with Gasteiger partial charge >= 0.3 is 0 Å². The first-order chi connectivity index (χ1) is 16.5. The molecule has 1 aromatic carbocycles. The van der Waals surface area contributed by atoms with Crippen LogP contribution in [0.25, 0.3) is 11.0 Å². The van der Waals surface area contributed by atoms with E-state index in [1.54, 1.807) is 13.3 Å². The van der Waals surface area contributed by atoms with Gasteiger partial charge in [0.05, 0.1) is 24.3 Å². The second kappa shape index (κ2) is 9.62. The van der Waals surface area contributed by atoms with Crippen molar-refractivity contribution in [2.75, 3.05) is 46.4 Å². The lowest BCUT2D eigenvalue weighted by Gasteiger charge is -2.34. The van der Waals surface area contributed by atoms with Crippen molar-refractivity contribution in [3.63, 3.8) is 0 Å². The van der Waals surface area contributed by atoms with Crippen molar-refractivity contribution >= 4 is 16.9 Å². The molecule has 8 heteroatoms. The molecule has 0 spiro atoms. The van der Waals surface area contributed by atoms with Crippen molar-refractivity contribution in [2.45, 2.75) is 38.6 Å². The molecule has 5 rings (SSSR count). The number of hydrogen-bond donors (Lipinski definition) is 0. The van der Waals surface area contributed by atoms with Crippen LogP contribution >= 0.6 is 0 Å². The summed E-state index contributed by atoms with van der Waals surface area (Å²) in [5.74, 6) is 2.23. The highest BCUT2D eigenvalue weighted by Gasteiger charge is 2.30. The smallest absolute Gasteiger partial charge is 0.254 e. The Bertz CT molecular complexity index is 1150. The van der Waals surface area contributed by atoms with Crippen LogP contribution in [0.5, 0.6) is 11.5 Å². The van der Waals surface area contributed by atoms with E-state index >= 15 is 0 Å². The molecule has 3 heterocycles. The summed E-state index contributed by atoms with van der Waals surface area (Å²) >= 11 is 0. The maximum absolute atomic E-state index is 13.6. The van der Waals surface area contributed by atoms with Gasteiger partial charge in [-0.3, -0.25) is 9.69 Å². The second-order valence-electron chi connectivity index (χ2n) is 9.45. The van der Waals surface area contributed by atoms with Gasteiger partial charge in [-0.15, -0.1) is 0 Å². The number of piperazine rings is 1. The third-order valence-corrected chi connectivity index (χ3v) is 6.70. The summed E-state index contributed by atoms with van der Waals surface area (Å²) in [5, 5.41) is 5.40. The first-order valence-electron chi connectivity index (χ1n) is 12.2. The Morgan fingerprint density at radius 2 is 1.79 bits per heavy atom. The number of nitrogens with zero attached hydrogens (tertiary/aromatic N) is 5. The summed E-state index contributed by atoms with van der Waals surface area (Å²) in [4.78, 5) is 22.8. The molecule has 1 aliphatic heterocycles. The zero-order valence-electron chi connectivity index (χ0n) is 20.2. The largest absolute Gasteiger partial charge is 0.497 e. The number of carbonyl (C=O) groups excluding carboxylic acids is 1. The molecular weight excluding hydrogens is 430 g/mol. The third-order valence-electron chi connectivity index (χ3n) is 6.70. The first kappa shape index (κ1) is 22.7.